The molecule has 166 valence electrons. The van der Waals surface area contributed by atoms with Gasteiger partial charge in [0, 0.05) is 37.8 Å². The van der Waals surface area contributed by atoms with Crippen molar-refractivity contribution in [1.82, 2.24) is 14.5 Å². The summed E-state index contributed by atoms with van der Waals surface area (Å²) in [6.45, 7) is 1.60. The molecule has 0 aliphatic carbocycles. The van der Waals surface area contributed by atoms with E-state index in [1.807, 2.05) is 36.4 Å². The number of halogens is 1. The van der Waals surface area contributed by atoms with E-state index in [1.165, 1.54) is 11.8 Å². The van der Waals surface area contributed by atoms with Crippen LogP contribution < -0.4 is 9.47 Å². The van der Waals surface area contributed by atoms with E-state index in [4.69, 9.17) is 25.8 Å². The van der Waals surface area contributed by atoms with Gasteiger partial charge in [-0.05, 0) is 24.3 Å². The lowest BCUT2D eigenvalue weighted by molar-refractivity contribution is -0.127. The molecule has 7 nitrogen and oxygen atoms in total. The van der Waals surface area contributed by atoms with Crippen LogP contribution in [-0.2, 0) is 22.6 Å². The molecule has 0 radical (unpaired) electrons. The zero-order valence-electron chi connectivity index (χ0n) is 18.1. The van der Waals surface area contributed by atoms with E-state index in [2.05, 4.69) is 9.55 Å². The number of fused-ring (bicyclic) bond motifs is 1. The van der Waals surface area contributed by atoms with Crippen LogP contribution in [0.5, 0.6) is 11.5 Å². The largest absolute Gasteiger partial charge is 0.493 e. The Morgan fingerprint density at radius 2 is 2.00 bits per heavy atom. The first-order valence-electron chi connectivity index (χ1n) is 9.69. The molecule has 0 unspecified atom stereocenters. The van der Waals surface area contributed by atoms with E-state index in [0.717, 1.165) is 21.8 Å². The first kappa shape index (κ1) is 23.2. The molecule has 0 fully saturated rings. The molecular weight excluding hydrogens is 438 g/mol. The van der Waals surface area contributed by atoms with Crippen molar-refractivity contribution >= 4 is 40.3 Å². The highest BCUT2D eigenvalue weighted by atomic mass is 35.5. The van der Waals surface area contributed by atoms with E-state index in [0.29, 0.717) is 36.2 Å². The van der Waals surface area contributed by atoms with Crippen LogP contribution in [-0.4, -0.2) is 61.1 Å². The fourth-order valence-corrected chi connectivity index (χ4v) is 4.40. The number of benzene rings is 2. The van der Waals surface area contributed by atoms with Gasteiger partial charge in [-0.15, -0.1) is 0 Å². The molecule has 0 saturated carbocycles. The lowest BCUT2D eigenvalue weighted by Crippen LogP contribution is -2.28. The molecular formula is C22H26ClN3O4S. The summed E-state index contributed by atoms with van der Waals surface area (Å²) in [6.07, 6.45) is 0. The molecule has 0 N–H and O–H groups in total. The molecule has 31 heavy (non-hydrogen) atoms. The van der Waals surface area contributed by atoms with Gasteiger partial charge in [-0.3, -0.25) is 4.79 Å². The van der Waals surface area contributed by atoms with Crippen LogP contribution in [0.25, 0.3) is 11.0 Å². The summed E-state index contributed by atoms with van der Waals surface area (Å²) in [6, 6.07) is 11.2. The van der Waals surface area contributed by atoms with Crippen LogP contribution in [0.15, 0.2) is 41.6 Å². The fourth-order valence-electron chi connectivity index (χ4n) is 3.25. The Hall–Kier alpha value is -2.42. The number of hydrogen-bond acceptors (Lipinski definition) is 6. The molecule has 0 aliphatic heterocycles. The summed E-state index contributed by atoms with van der Waals surface area (Å²) in [5.41, 5.74) is 2.64. The number of ether oxygens (including phenoxy) is 3. The Kier molecular flexibility index (Phi) is 8.06. The number of nitrogens with zero attached hydrogens (tertiary/aromatic N) is 3. The average Bonchev–Trinajstić information content (AvgIpc) is 3.11. The normalized spacial score (nSPS) is 11.0. The van der Waals surface area contributed by atoms with Gasteiger partial charge in [-0.1, -0.05) is 35.5 Å². The first-order chi connectivity index (χ1) is 15.0. The lowest BCUT2D eigenvalue weighted by Gasteiger charge is -2.20. The van der Waals surface area contributed by atoms with Gasteiger partial charge < -0.3 is 23.7 Å². The summed E-state index contributed by atoms with van der Waals surface area (Å²) in [7, 11) is 6.62. The molecule has 3 rings (SSSR count). The van der Waals surface area contributed by atoms with Crippen molar-refractivity contribution in [3.63, 3.8) is 0 Å². The maximum atomic E-state index is 12.8. The second-order valence-electron chi connectivity index (χ2n) is 6.86. The molecule has 1 heterocycles. The van der Waals surface area contributed by atoms with Gasteiger partial charge >= 0.3 is 0 Å². The Morgan fingerprint density at radius 3 is 2.71 bits per heavy atom. The lowest BCUT2D eigenvalue weighted by atomic mass is 10.1. The van der Waals surface area contributed by atoms with E-state index in [9.17, 15) is 4.79 Å². The van der Waals surface area contributed by atoms with Gasteiger partial charge in [0.1, 0.15) is 0 Å². The highest BCUT2D eigenvalue weighted by Gasteiger charge is 2.18. The predicted octanol–water partition coefficient (Wildman–Crippen LogP) is 4.10. The minimum Gasteiger partial charge on any atom is -0.493 e. The Labute approximate surface area is 191 Å². The van der Waals surface area contributed by atoms with Crippen molar-refractivity contribution in [3.8, 4) is 11.5 Å². The number of imidazole rings is 1. The highest BCUT2D eigenvalue weighted by molar-refractivity contribution is 7.99. The molecule has 1 amide bonds. The van der Waals surface area contributed by atoms with Gasteiger partial charge in [-0.2, -0.15) is 0 Å². The van der Waals surface area contributed by atoms with E-state index >= 15 is 0 Å². The topological polar surface area (TPSA) is 65.8 Å². The van der Waals surface area contributed by atoms with Crippen LogP contribution in [0.3, 0.4) is 0 Å². The van der Waals surface area contributed by atoms with Gasteiger partial charge in [0.2, 0.25) is 5.91 Å². The molecule has 3 aromatic rings. The molecule has 0 atom stereocenters. The second-order valence-corrected chi connectivity index (χ2v) is 8.24. The van der Waals surface area contributed by atoms with Crippen LogP contribution in [0.1, 0.15) is 5.56 Å². The highest BCUT2D eigenvalue weighted by Crippen LogP contribution is 2.32. The van der Waals surface area contributed by atoms with Crippen molar-refractivity contribution in [1.29, 1.82) is 0 Å². The summed E-state index contributed by atoms with van der Waals surface area (Å²) in [5.74, 6) is 1.52. The molecule has 2 aromatic carbocycles. The quantitative estimate of drug-likeness (QED) is 0.422. The predicted molar refractivity (Wildman–Crippen MR) is 123 cm³/mol. The van der Waals surface area contributed by atoms with Gasteiger partial charge in [-0.25, -0.2) is 4.98 Å². The Balaban J connectivity index is 1.72. The van der Waals surface area contributed by atoms with Gasteiger partial charge in [0.15, 0.2) is 16.7 Å². The zero-order chi connectivity index (χ0) is 22.4. The summed E-state index contributed by atoms with van der Waals surface area (Å²) in [4.78, 5) is 19.2. The molecule has 0 saturated heterocycles. The first-order valence-corrected chi connectivity index (χ1v) is 11.1. The smallest absolute Gasteiger partial charge is 0.233 e. The monoisotopic (exact) mass is 463 g/mol. The van der Waals surface area contributed by atoms with Crippen molar-refractivity contribution < 1.29 is 19.0 Å². The average molecular weight is 464 g/mol. The summed E-state index contributed by atoms with van der Waals surface area (Å²) < 4.78 is 18.1. The molecule has 1 aromatic heterocycles. The number of carbonyl (C=O) groups is 1. The number of aromatic nitrogens is 2. The number of para-hydroxylation sites is 1. The minimum atomic E-state index is -0.0155. The SMILES string of the molecule is COCCn1c(SCC(=O)N(C)Cc2cccc(OC)c2OC)nc2cc(Cl)ccc21. The molecule has 0 spiro atoms. The van der Waals surface area contributed by atoms with E-state index in [-0.39, 0.29) is 11.7 Å². The van der Waals surface area contributed by atoms with Crippen LogP contribution in [0.4, 0.5) is 0 Å². The maximum absolute atomic E-state index is 12.8. The number of thioether (sulfide) groups is 1. The van der Waals surface area contributed by atoms with Crippen LogP contribution in [0, 0.1) is 0 Å². The number of hydrogen-bond donors (Lipinski definition) is 0. The van der Waals surface area contributed by atoms with Crippen molar-refractivity contribution in [2.45, 2.75) is 18.2 Å². The third kappa shape index (κ3) is 5.44. The summed E-state index contributed by atoms with van der Waals surface area (Å²) >= 11 is 7.52. The van der Waals surface area contributed by atoms with Crippen molar-refractivity contribution in [2.24, 2.45) is 0 Å². The zero-order valence-corrected chi connectivity index (χ0v) is 19.6. The molecule has 9 heteroatoms. The van der Waals surface area contributed by atoms with Crippen LogP contribution >= 0.6 is 23.4 Å². The summed E-state index contributed by atoms with van der Waals surface area (Å²) in [5, 5.41) is 1.39. The fraction of sp³-hybridized carbons (Fsp3) is 0.364. The Morgan fingerprint density at radius 1 is 1.19 bits per heavy atom. The Bertz CT molecular complexity index is 1060. The number of methoxy groups -OCH3 is 3. The number of amides is 1. The van der Waals surface area contributed by atoms with Crippen molar-refractivity contribution in [3.05, 3.63) is 47.0 Å². The third-order valence-corrected chi connectivity index (χ3v) is 6.03. The maximum Gasteiger partial charge on any atom is 0.233 e. The van der Waals surface area contributed by atoms with E-state index in [1.54, 1.807) is 33.3 Å². The van der Waals surface area contributed by atoms with Crippen LogP contribution in [0.2, 0.25) is 5.02 Å². The number of carbonyl (C=O) groups excluding carboxylic acids is 1. The van der Waals surface area contributed by atoms with Crippen molar-refractivity contribution in [2.75, 3.05) is 40.7 Å². The molecule has 0 bridgehead atoms. The van der Waals surface area contributed by atoms with Gasteiger partial charge in [0.25, 0.3) is 0 Å². The standard InChI is InChI=1S/C22H26ClN3O4S/c1-25(13-15-6-5-7-19(29-3)21(15)30-4)20(27)14-31-22-24-17-12-16(23)8-9-18(17)26(22)10-11-28-2/h5-9,12H,10-11,13-14H2,1-4H3. The van der Waals surface area contributed by atoms with Gasteiger partial charge in [0.05, 0.1) is 37.6 Å². The van der Waals surface area contributed by atoms with E-state index < -0.39 is 0 Å². The molecule has 0 aliphatic rings. The number of rotatable bonds is 10. The third-order valence-electron chi connectivity index (χ3n) is 4.84. The minimum absolute atomic E-state index is 0.0155. The second kappa shape index (κ2) is 10.7.